The first-order valence-electron chi connectivity index (χ1n) is 7.27. The van der Waals surface area contributed by atoms with E-state index in [1.54, 1.807) is 12.1 Å². The van der Waals surface area contributed by atoms with Crippen molar-refractivity contribution in [2.24, 2.45) is 5.92 Å². The molecule has 2 unspecified atom stereocenters. The zero-order valence-corrected chi connectivity index (χ0v) is 12.1. The summed E-state index contributed by atoms with van der Waals surface area (Å²) in [5.74, 6) is 0.314. The molecule has 110 valence electrons. The second kappa shape index (κ2) is 5.86. The Bertz CT molecular complexity index is 639. The number of halogens is 1. The molecule has 1 N–H and O–H groups in total. The van der Waals surface area contributed by atoms with E-state index >= 15 is 0 Å². The van der Waals surface area contributed by atoms with E-state index in [9.17, 15) is 9.50 Å². The third-order valence-corrected chi connectivity index (χ3v) is 4.35. The Balaban J connectivity index is 1.80. The predicted molar refractivity (Wildman–Crippen MR) is 79.9 cm³/mol. The molecule has 0 spiro atoms. The van der Waals surface area contributed by atoms with Crippen molar-refractivity contribution in [3.8, 4) is 5.75 Å². The van der Waals surface area contributed by atoms with Gasteiger partial charge in [-0.25, -0.2) is 4.39 Å². The van der Waals surface area contributed by atoms with Crippen LogP contribution in [0.25, 0.3) is 0 Å². The molecule has 0 saturated carbocycles. The van der Waals surface area contributed by atoms with Crippen molar-refractivity contribution in [2.45, 2.75) is 25.4 Å². The van der Waals surface area contributed by atoms with Crippen LogP contribution in [0.15, 0.2) is 42.5 Å². The van der Waals surface area contributed by atoms with Crippen LogP contribution in [0.3, 0.4) is 0 Å². The average molecular weight is 286 g/mol. The lowest BCUT2D eigenvalue weighted by Gasteiger charge is -2.30. The van der Waals surface area contributed by atoms with E-state index in [0.29, 0.717) is 17.7 Å². The first kappa shape index (κ1) is 14.1. The summed E-state index contributed by atoms with van der Waals surface area (Å²) in [4.78, 5) is 0. The minimum absolute atomic E-state index is 0.0581. The molecular formula is C18H19FO2. The van der Waals surface area contributed by atoms with Crippen molar-refractivity contribution >= 4 is 0 Å². The van der Waals surface area contributed by atoms with Gasteiger partial charge in [0.2, 0.25) is 0 Å². The molecule has 0 saturated heterocycles. The summed E-state index contributed by atoms with van der Waals surface area (Å²) < 4.78 is 19.1. The molecule has 2 atom stereocenters. The lowest BCUT2D eigenvalue weighted by atomic mass is 9.78. The van der Waals surface area contributed by atoms with Crippen LogP contribution in [0.2, 0.25) is 0 Å². The van der Waals surface area contributed by atoms with Crippen LogP contribution in [-0.2, 0) is 12.8 Å². The number of rotatable bonds is 3. The van der Waals surface area contributed by atoms with E-state index in [1.807, 2.05) is 18.2 Å². The van der Waals surface area contributed by atoms with Crippen LogP contribution in [-0.4, -0.2) is 12.2 Å². The van der Waals surface area contributed by atoms with Crippen LogP contribution in [0.1, 0.15) is 29.2 Å². The lowest BCUT2D eigenvalue weighted by Crippen LogP contribution is -2.22. The van der Waals surface area contributed by atoms with Gasteiger partial charge >= 0.3 is 0 Å². The highest BCUT2D eigenvalue weighted by Gasteiger charge is 2.28. The number of ether oxygens (including phenoxy) is 1. The van der Waals surface area contributed by atoms with E-state index in [-0.39, 0.29) is 11.7 Å². The monoisotopic (exact) mass is 286 g/mol. The molecule has 0 heterocycles. The maximum Gasteiger partial charge on any atom is 0.130 e. The van der Waals surface area contributed by atoms with Crippen molar-refractivity contribution in [1.82, 2.24) is 0 Å². The van der Waals surface area contributed by atoms with Gasteiger partial charge in [0.25, 0.3) is 0 Å². The fraction of sp³-hybridized carbons (Fsp3) is 0.333. The molecule has 2 aromatic carbocycles. The lowest BCUT2D eigenvalue weighted by molar-refractivity contribution is 0.0932. The molecule has 3 heteroatoms. The number of hydrogen-bond acceptors (Lipinski definition) is 2. The summed E-state index contributed by atoms with van der Waals surface area (Å²) in [6.45, 7) is 0. The van der Waals surface area contributed by atoms with Gasteiger partial charge in [-0.1, -0.05) is 30.3 Å². The number of aliphatic hydroxyl groups is 1. The predicted octanol–water partition coefficient (Wildman–Crippen LogP) is 3.67. The van der Waals surface area contributed by atoms with Crippen LogP contribution >= 0.6 is 0 Å². The van der Waals surface area contributed by atoms with Gasteiger partial charge < -0.3 is 9.84 Å². The number of methoxy groups -OCH3 is 1. The summed E-state index contributed by atoms with van der Waals surface area (Å²) in [6, 6.07) is 12.9. The number of hydrogen-bond donors (Lipinski definition) is 1. The Morgan fingerprint density at radius 2 is 2.05 bits per heavy atom. The standard InChI is InChI=1S/C18H19FO2/c1-21-15-9-8-13(17(19)11-15)10-14-7-6-12-4-2-3-5-16(12)18(14)20/h2-5,8-9,11,14,18,20H,6-7,10H2,1H3. The fourth-order valence-corrected chi connectivity index (χ4v) is 3.12. The molecule has 1 aliphatic carbocycles. The second-order valence-corrected chi connectivity index (χ2v) is 5.60. The highest BCUT2D eigenvalue weighted by Crippen LogP contribution is 2.36. The molecule has 21 heavy (non-hydrogen) atoms. The summed E-state index contributed by atoms with van der Waals surface area (Å²) in [7, 11) is 1.52. The van der Waals surface area contributed by atoms with Crippen LogP contribution in [0.4, 0.5) is 4.39 Å². The van der Waals surface area contributed by atoms with Gasteiger partial charge in [-0.15, -0.1) is 0 Å². The third kappa shape index (κ3) is 2.79. The topological polar surface area (TPSA) is 29.5 Å². The largest absolute Gasteiger partial charge is 0.497 e. The zero-order valence-electron chi connectivity index (χ0n) is 12.1. The molecule has 3 rings (SSSR count). The zero-order chi connectivity index (χ0) is 14.8. The summed E-state index contributed by atoms with van der Waals surface area (Å²) in [6.07, 6.45) is 1.85. The van der Waals surface area contributed by atoms with Gasteiger partial charge in [0.05, 0.1) is 13.2 Å². The maximum absolute atomic E-state index is 14.1. The Morgan fingerprint density at radius 1 is 1.24 bits per heavy atom. The highest BCUT2D eigenvalue weighted by molar-refractivity contribution is 5.33. The van der Waals surface area contributed by atoms with E-state index in [2.05, 4.69) is 6.07 Å². The third-order valence-electron chi connectivity index (χ3n) is 4.35. The van der Waals surface area contributed by atoms with Gasteiger partial charge in [-0.2, -0.15) is 0 Å². The summed E-state index contributed by atoms with van der Waals surface area (Å²) in [5, 5.41) is 10.5. The van der Waals surface area contributed by atoms with Gasteiger partial charge in [-0.05, 0) is 47.9 Å². The Kier molecular flexibility index (Phi) is 3.93. The van der Waals surface area contributed by atoms with E-state index in [4.69, 9.17) is 4.74 Å². The maximum atomic E-state index is 14.1. The van der Waals surface area contributed by atoms with Crippen molar-refractivity contribution in [1.29, 1.82) is 0 Å². The van der Waals surface area contributed by atoms with Crippen LogP contribution < -0.4 is 4.74 Å². The van der Waals surface area contributed by atoms with Gasteiger partial charge in [0.1, 0.15) is 11.6 Å². The van der Waals surface area contributed by atoms with E-state index in [1.165, 1.54) is 18.7 Å². The van der Waals surface area contributed by atoms with Crippen LogP contribution in [0.5, 0.6) is 5.75 Å². The highest BCUT2D eigenvalue weighted by atomic mass is 19.1. The second-order valence-electron chi connectivity index (χ2n) is 5.60. The first-order chi connectivity index (χ1) is 10.2. The smallest absolute Gasteiger partial charge is 0.130 e. The quantitative estimate of drug-likeness (QED) is 0.932. The van der Waals surface area contributed by atoms with Gasteiger partial charge in [-0.3, -0.25) is 0 Å². The molecule has 2 nitrogen and oxygen atoms in total. The minimum Gasteiger partial charge on any atom is -0.497 e. The number of aliphatic hydroxyl groups excluding tert-OH is 1. The van der Waals surface area contributed by atoms with Crippen LogP contribution in [0, 0.1) is 11.7 Å². The number of fused-ring (bicyclic) bond motifs is 1. The van der Waals surface area contributed by atoms with E-state index in [0.717, 1.165) is 18.4 Å². The molecule has 2 aromatic rings. The summed E-state index contributed by atoms with van der Waals surface area (Å²) in [5.41, 5.74) is 2.83. The van der Waals surface area contributed by atoms with Crippen molar-refractivity contribution < 1.29 is 14.2 Å². The molecule has 0 radical (unpaired) electrons. The average Bonchev–Trinajstić information content (AvgIpc) is 2.52. The molecule has 0 aliphatic heterocycles. The van der Waals surface area contributed by atoms with Crippen molar-refractivity contribution in [3.05, 3.63) is 65.0 Å². The molecule has 0 amide bonds. The molecule has 0 fully saturated rings. The van der Waals surface area contributed by atoms with Gasteiger partial charge in [0, 0.05) is 6.07 Å². The fourth-order valence-electron chi connectivity index (χ4n) is 3.12. The SMILES string of the molecule is COc1ccc(CC2CCc3ccccc3C2O)c(F)c1. The Morgan fingerprint density at radius 3 is 2.81 bits per heavy atom. The first-order valence-corrected chi connectivity index (χ1v) is 7.27. The molecule has 0 bridgehead atoms. The van der Waals surface area contributed by atoms with Crippen molar-refractivity contribution in [2.75, 3.05) is 7.11 Å². The van der Waals surface area contributed by atoms with Gasteiger partial charge in [0.15, 0.2) is 0 Å². The normalized spacial score (nSPS) is 20.9. The minimum atomic E-state index is -0.517. The molecule has 1 aliphatic rings. The number of benzene rings is 2. The summed E-state index contributed by atoms with van der Waals surface area (Å²) >= 11 is 0. The van der Waals surface area contributed by atoms with Crippen molar-refractivity contribution in [3.63, 3.8) is 0 Å². The molecule has 0 aromatic heterocycles. The molecular weight excluding hydrogens is 267 g/mol. The Labute approximate surface area is 124 Å². The Hall–Kier alpha value is -1.87. The number of aryl methyl sites for hydroxylation is 1. The van der Waals surface area contributed by atoms with E-state index < -0.39 is 6.10 Å².